The number of nitrogens with two attached hydrogens (primary N) is 1. The van der Waals surface area contributed by atoms with Crippen LogP contribution in [0.15, 0.2) is 24.3 Å². The third-order valence-electron chi connectivity index (χ3n) is 2.75. The summed E-state index contributed by atoms with van der Waals surface area (Å²) in [6, 6.07) is 6.73. The number of benzene rings is 1. The van der Waals surface area contributed by atoms with Gasteiger partial charge in [0.05, 0.1) is 10.5 Å². The first-order valence-electron chi connectivity index (χ1n) is 5.55. The maximum absolute atomic E-state index is 13.2. The first-order valence-corrected chi connectivity index (χ1v) is 5.92. The van der Waals surface area contributed by atoms with Crippen molar-refractivity contribution in [2.75, 3.05) is 6.54 Å². The monoisotopic (exact) mass is 252 g/mol. The molecule has 0 spiro atoms. The number of hydrogen-bond acceptors (Lipinski definition) is 2. The second-order valence-corrected chi connectivity index (χ2v) is 4.71. The third kappa shape index (κ3) is 2.73. The maximum atomic E-state index is 13.2. The molecule has 1 heterocycles. The summed E-state index contributed by atoms with van der Waals surface area (Å²) in [6.45, 7) is 2.70. The summed E-state index contributed by atoms with van der Waals surface area (Å²) in [7, 11) is 0. The molecular formula is C13H14ClFN2. The lowest BCUT2D eigenvalue weighted by molar-refractivity contribution is 0.585. The van der Waals surface area contributed by atoms with Gasteiger partial charge in [0.25, 0.3) is 0 Å². The minimum Gasteiger partial charge on any atom is -0.330 e. The highest BCUT2D eigenvalue weighted by Gasteiger charge is 2.06. The quantitative estimate of drug-likeness (QED) is 0.911. The summed E-state index contributed by atoms with van der Waals surface area (Å²) in [5.41, 5.74) is 7.26. The van der Waals surface area contributed by atoms with E-state index in [4.69, 9.17) is 17.3 Å². The normalized spacial score (nSPS) is 12.9. The van der Waals surface area contributed by atoms with E-state index in [1.807, 2.05) is 12.1 Å². The number of halogens is 2. The lowest BCUT2D eigenvalue weighted by Gasteiger charge is -2.08. The van der Waals surface area contributed by atoms with E-state index in [0.717, 1.165) is 23.0 Å². The van der Waals surface area contributed by atoms with E-state index in [0.29, 0.717) is 12.5 Å². The molecule has 1 aromatic carbocycles. The zero-order chi connectivity index (χ0) is 12.4. The molecule has 1 atom stereocenters. The molecule has 0 aliphatic rings. The highest BCUT2D eigenvalue weighted by Crippen LogP contribution is 2.22. The van der Waals surface area contributed by atoms with Crippen molar-refractivity contribution in [1.82, 2.24) is 4.98 Å². The van der Waals surface area contributed by atoms with Crippen molar-refractivity contribution >= 4 is 22.5 Å². The van der Waals surface area contributed by atoms with Gasteiger partial charge in [-0.05, 0) is 37.1 Å². The zero-order valence-corrected chi connectivity index (χ0v) is 10.3. The first-order chi connectivity index (χ1) is 8.10. The Kier molecular flexibility index (Phi) is 3.60. The average molecular weight is 253 g/mol. The molecule has 90 valence electrons. The Labute approximate surface area is 105 Å². The fourth-order valence-corrected chi connectivity index (χ4v) is 1.87. The molecule has 17 heavy (non-hydrogen) atoms. The summed E-state index contributed by atoms with van der Waals surface area (Å²) < 4.78 is 13.2. The van der Waals surface area contributed by atoms with Crippen LogP contribution in [0.5, 0.6) is 0 Å². The van der Waals surface area contributed by atoms with Crippen molar-refractivity contribution in [3.63, 3.8) is 0 Å². The molecule has 1 unspecified atom stereocenters. The molecule has 0 saturated heterocycles. The fraction of sp³-hybridized carbons (Fsp3) is 0.308. The molecule has 0 fully saturated rings. The molecule has 2 rings (SSSR count). The number of rotatable bonds is 3. The van der Waals surface area contributed by atoms with E-state index >= 15 is 0 Å². The van der Waals surface area contributed by atoms with Gasteiger partial charge in [0.1, 0.15) is 5.82 Å². The van der Waals surface area contributed by atoms with Gasteiger partial charge in [-0.25, -0.2) is 4.39 Å². The average Bonchev–Trinajstić information content (AvgIpc) is 2.31. The minimum absolute atomic E-state index is 0.106. The van der Waals surface area contributed by atoms with Gasteiger partial charge in [0, 0.05) is 11.1 Å². The van der Waals surface area contributed by atoms with E-state index in [2.05, 4.69) is 11.9 Å². The highest BCUT2D eigenvalue weighted by atomic mass is 35.5. The van der Waals surface area contributed by atoms with E-state index < -0.39 is 5.82 Å². The van der Waals surface area contributed by atoms with E-state index in [1.54, 1.807) is 6.07 Å². The second kappa shape index (κ2) is 4.98. The number of nitrogens with zero attached hydrogens (tertiary/aromatic N) is 1. The van der Waals surface area contributed by atoms with Gasteiger partial charge in [0.2, 0.25) is 0 Å². The van der Waals surface area contributed by atoms with Crippen LogP contribution in [0.4, 0.5) is 4.39 Å². The van der Waals surface area contributed by atoms with Crippen LogP contribution >= 0.6 is 11.6 Å². The van der Waals surface area contributed by atoms with Crippen LogP contribution in [0, 0.1) is 11.7 Å². The molecule has 0 aliphatic carbocycles. The lowest BCUT2D eigenvalue weighted by Crippen LogP contribution is -2.13. The van der Waals surface area contributed by atoms with E-state index in [9.17, 15) is 4.39 Å². The topological polar surface area (TPSA) is 38.9 Å². The third-order valence-corrected chi connectivity index (χ3v) is 3.04. The molecule has 0 saturated carbocycles. The first kappa shape index (κ1) is 12.3. The molecule has 0 aliphatic heterocycles. The van der Waals surface area contributed by atoms with Crippen LogP contribution in [0.1, 0.15) is 12.6 Å². The minimum atomic E-state index is -0.413. The standard InChI is InChI=1S/C13H14ClFN2/c1-8(7-16)4-10-3-2-9-5-12(15)11(14)6-13(9)17-10/h2-3,5-6,8H,4,7,16H2,1H3. The second-order valence-electron chi connectivity index (χ2n) is 4.31. The van der Waals surface area contributed by atoms with Crippen LogP contribution < -0.4 is 5.73 Å². The Morgan fingerprint density at radius 3 is 2.88 bits per heavy atom. The number of aromatic nitrogens is 1. The van der Waals surface area contributed by atoms with Gasteiger partial charge < -0.3 is 5.73 Å². The number of pyridine rings is 1. The van der Waals surface area contributed by atoms with Gasteiger partial charge >= 0.3 is 0 Å². The Morgan fingerprint density at radius 1 is 1.41 bits per heavy atom. The Morgan fingerprint density at radius 2 is 2.18 bits per heavy atom. The molecule has 2 N–H and O–H groups in total. The molecule has 4 heteroatoms. The smallest absolute Gasteiger partial charge is 0.142 e. The fourth-order valence-electron chi connectivity index (χ4n) is 1.71. The molecule has 2 nitrogen and oxygen atoms in total. The van der Waals surface area contributed by atoms with E-state index in [-0.39, 0.29) is 5.02 Å². The van der Waals surface area contributed by atoms with Crippen molar-refractivity contribution in [3.05, 3.63) is 40.8 Å². The van der Waals surface area contributed by atoms with Crippen molar-refractivity contribution in [2.45, 2.75) is 13.3 Å². The van der Waals surface area contributed by atoms with Crippen molar-refractivity contribution in [1.29, 1.82) is 0 Å². The predicted molar refractivity (Wildman–Crippen MR) is 68.6 cm³/mol. The van der Waals surface area contributed by atoms with Crippen LogP contribution in [-0.4, -0.2) is 11.5 Å². The summed E-state index contributed by atoms with van der Waals surface area (Å²) in [5, 5.41) is 0.866. The van der Waals surface area contributed by atoms with Gasteiger partial charge in [-0.2, -0.15) is 0 Å². The predicted octanol–water partition coefficient (Wildman–Crippen LogP) is 3.16. The Hall–Kier alpha value is -1.19. The maximum Gasteiger partial charge on any atom is 0.142 e. The number of hydrogen-bond donors (Lipinski definition) is 1. The van der Waals surface area contributed by atoms with Gasteiger partial charge in [-0.3, -0.25) is 4.98 Å². The Balaban J connectivity index is 2.40. The summed E-state index contributed by atoms with van der Waals surface area (Å²) >= 11 is 5.74. The SMILES string of the molecule is CC(CN)Cc1ccc2cc(F)c(Cl)cc2n1. The molecule has 0 radical (unpaired) electrons. The number of fused-ring (bicyclic) bond motifs is 1. The summed E-state index contributed by atoms with van der Waals surface area (Å²) in [6.07, 6.45) is 0.821. The molecule has 0 amide bonds. The highest BCUT2D eigenvalue weighted by molar-refractivity contribution is 6.31. The van der Waals surface area contributed by atoms with Crippen LogP contribution in [0.2, 0.25) is 5.02 Å². The van der Waals surface area contributed by atoms with Crippen LogP contribution in [-0.2, 0) is 6.42 Å². The molecular weight excluding hydrogens is 239 g/mol. The zero-order valence-electron chi connectivity index (χ0n) is 9.58. The Bertz CT molecular complexity index is 542. The molecule has 0 bridgehead atoms. The van der Waals surface area contributed by atoms with Crippen LogP contribution in [0.3, 0.4) is 0 Å². The van der Waals surface area contributed by atoms with Crippen LogP contribution in [0.25, 0.3) is 10.9 Å². The van der Waals surface area contributed by atoms with Crippen molar-refractivity contribution in [3.8, 4) is 0 Å². The molecule has 2 aromatic rings. The largest absolute Gasteiger partial charge is 0.330 e. The summed E-state index contributed by atoms with van der Waals surface area (Å²) in [4.78, 5) is 4.46. The van der Waals surface area contributed by atoms with Crippen molar-refractivity contribution in [2.24, 2.45) is 11.7 Å². The van der Waals surface area contributed by atoms with Crippen molar-refractivity contribution < 1.29 is 4.39 Å². The molecule has 1 aromatic heterocycles. The van der Waals surface area contributed by atoms with Gasteiger partial charge in [-0.15, -0.1) is 0 Å². The van der Waals surface area contributed by atoms with Gasteiger partial charge in [0.15, 0.2) is 0 Å². The lowest BCUT2D eigenvalue weighted by atomic mass is 10.0. The summed E-state index contributed by atoms with van der Waals surface area (Å²) in [5.74, 6) is -0.0279. The van der Waals surface area contributed by atoms with Gasteiger partial charge in [-0.1, -0.05) is 24.6 Å². The van der Waals surface area contributed by atoms with E-state index in [1.165, 1.54) is 6.07 Å².